The Balaban J connectivity index is 2.63. The molecule has 1 aromatic rings. The van der Waals surface area contributed by atoms with Crippen LogP contribution < -0.4 is 0 Å². The molecule has 0 bridgehead atoms. The monoisotopic (exact) mass is 313 g/mol. The van der Waals surface area contributed by atoms with Crippen LogP contribution in [0.5, 0.6) is 0 Å². The quantitative estimate of drug-likeness (QED) is 0.386. The van der Waals surface area contributed by atoms with Crippen LogP contribution in [-0.2, 0) is 9.47 Å². The maximum absolute atomic E-state index is 10.6. The summed E-state index contributed by atoms with van der Waals surface area (Å²) in [5.74, 6) is 0. The molecule has 0 fully saturated rings. The second kappa shape index (κ2) is 11.0. The molecule has 1 aromatic carbocycles. The smallest absolute Gasteiger partial charge is 0.133 e. The molecule has 0 heterocycles. The van der Waals surface area contributed by atoms with Crippen molar-refractivity contribution in [3.8, 4) is 0 Å². The fourth-order valence-corrected chi connectivity index (χ4v) is 2.40. The first kappa shape index (κ1) is 18.5. The average Bonchev–Trinajstić information content (AvgIpc) is 2.53. The van der Waals surface area contributed by atoms with E-state index < -0.39 is 6.23 Å². The summed E-state index contributed by atoms with van der Waals surface area (Å²) in [6.07, 6.45) is 1.42. The van der Waals surface area contributed by atoms with Crippen LogP contribution in [0.25, 0.3) is 0 Å². The summed E-state index contributed by atoms with van der Waals surface area (Å²) in [6, 6.07) is 8.02. The highest BCUT2D eigenvalue weighted by atomic mass is 32.2. The van der Waals surface area contributed by atoms with Crippen LogP contribution in [-0.4, -0.2) is 55.8 Å². The summed E-state index contributed by atoms with van der Waals surface area (Å²) in [5.41, 5.74) is 0.904. The van der Waals surface area contributed by atoms with Gasteiger partial charge in [0.25, 0.3) is 0 Å². The number of hydrogen-bond donors (Lipinski definition) is 1. The van der Waals surface area contributed by atoms with Gasteiger partial charge in [0.1, 0.15) is 6.23 Å². The molecule has 1 N–H and O–H groups in total. The Kier molecular flexibility index (Phi) is 9.70. The van der Waals surface area contributed by atoms with Gasteiger partial charge in [0, 0.05) is 31.2 Å². The van der Waals surface area contributed by atoms with Crippen molar-refractivity contribution in [1.29, 1.82) is 0 Å². The molecule has 0 aliphatic heterocycles. The molecule has 4 nitrogen and oxygen atoms in total. The Morgan fingerprint density at radius 2 is 1.57 bits per heavy atom. The van der Waals surface area contributed by atoms with E-state index in [0.29, 0.717) is 39.5 Å². The van der Waals surface area contributed by atoms with E-state index in [4.69, 9.17) is 9.47 Å². The number of thioether (sulfide) groups is 1. The number of nitrogens with zero attached hydrogens (tertiary/aromatic N) is 1. The Hall–Kier alpha value is -0.590. The molecular formula is C16H27NO3S. The highest BCUT2D eigenvalue weighted by Crippen LogP contribution is 2.21. The maximum Gasteiger partial charge on any atom is 0.133 e. The minimum Gasteiger partial charge on any atom is -0.380 e. The predicted molar refractivity (Wildman–Crippen MR) is 87.7 cm³/mol. The molecule has 0 saturated carbocycles. The molecule has 120 valence electrons. The Bertz CT molecular complexity index is 362. The summed E-state index contributed by atoms with van der Waals surface area (Å²) in [6.45, 7) is 7.93. The Morgan fingerprint density at radius 3 is 2.00 bits per heavy atom. The highest BCUT2D eigenvalue weighted by Gasteiger charge is 2.17. The van der Waals surface area contributed by atoms with E-state index in [1.54, 1.807) is 11.8 Å². The van der Waals surface area contributed by atoms with E-state index in [1.807, 2.05) is 49.3 Å². The molecule has 0 radical (unpaired) electrons. The van der Waals surface area contributed by atoms with Crippen molar-refractivity contribution in [3.63, 3.8) is 0 Å². The lowest BCUT2D eigenvalue weighted by molar-refractivity contribution is -0.0301. The SMILES string of the molecule is CCOCCN(CCOCC)C(O)c1ccc(SC)cc1. The van der Waals surface area contributed by atoms with Gasteiger partial charge in [-0.05, 0) is 37.8 Å². The van der Waals surface area contributed by atoms with E-state index in [9.17, 15) is 5.11 Å². The fraction of sp³-hybridized carbons (Fsp3) is 0.625. The average molecular weight is 313 g/mol. The third-order valence-electron chi connectivity index (χ3n) is 3.21. The van der Waals surface area contributed by atoms with E-state index in [0.717, 1.165) is 5.56 Å². The van der Waals surface area contributed by atoms with Gasteiger partial charge in [0.2, 0.25) is 0 Å². The van der Waals surface area contributed by atoms with E-state index in [2.05, 4.69) is 0 Å². The van der Waals surface area contributed by atoms with Gasteiger partial charge >= 0.3 is 0 Å². The fourth-order valence-electron chi connectivity index (χ4n) is 2.00. The van der Waals surface area contributed by atoms with Gasteiger partial charge in [-0.3, -0.25) is 4.90 Å². The molecule has 0 amide bonds. The standard InChI is InChI=1S/C16H27NO3S/c1-4-19-12-10-17(11-13-20-5-2)16(18)14-6-8-15(21-3)9-7-14/h6-9,16,18H,4-5,10-13H2,1-3H3. The van der Waals surface area contributed by atoms with Gasteiger partial charge in [-0.1, -0.05) is 12.1 Å². The topological polar surface area (TPSA) is 41.9 Å². The number of aliphatic hydroxyl groups is 1. The highest BCUT2D eigenvalue weighted by molar-refractivity contribution is 7.98. The van der Waals surface area contributed by atoms with Gasteiger partial charge in [-0.2, -0.15) is 0 Å². The zero-order valence-electron chi connectivity index (χ0n) is 13.2. The minimum atomic E-state index is -0.623. The molecule has 1 rings (SSSR count). The molecule has 0 aromatic heterocycles. The predicted octanol–water partition coefficient (Wildman–Crippen LogP) is 2.77. The largest absolute Gasteiger partial charge is 0.380 e. The lowest BCUT2D eigenvalue weighted by Crippen LogP contribution is -2.34. The van der Waals surface area contributed by atoms with Gasteiger partial charge in [0.05, 0.1) is 13.2 Å². The third kappa shape index (κ3) is 6.80. The minimum absolute atomic E-state index is 0.614. The number of hydrogen-bond acceptors (Lipinski definition) is 5. The van der Waals surface area contributed by atoms with Crippen LogP contribution in [0.2, 0.25) is 0 Å². The first-order valence-corrected chi connectivity index (χ1v) is 8.66. The number of aliphatic hydroxyl groups excluding tert-OH is 1. The van der Waals surface area contributed by atoms with Gasteiger partial charge in [0.15, 0.2) is 0 Å². The zero-order chi connectivity index (χ0) is 15.5. The van der Waals surface area contributed by atoms with Gasteiger partial charge in [-0.15, -0.1) is 11.8 Å². The molecule has 5 heteroatoms. The normalized spacial score (nSPS) is 12.8. The summed E-state index contributed by atoms with van der Waals surface area (Å²) < 4.78 is 10.8. The summed E-state index contributed by atoms with van der Waals surface area (Å²) in [7, 11) is 0. The number of ether oxygens (including phenoxy) is 2. The first-order valence-electron chi connectivity index (χ1n) is 7.44. The van der Waals surface area contributed by atoms with Crippen LogP contribution in [0.1, 0.15) is 25.6 Å². The van der Waals surface area contributed by atoms with Gasteiger partial charge < -0.3 is 14.6 Å². The van der Waals surface area contributed by atoms with Gasteiger partial charge in [-0.25, -0.2) is 0 Å². The van der Waals surface area contributed by atoms with Crippen molar-refractivity contribution >= 4 is 11.8 Å². The second-order valence-corrected chi connectivity index (χ2v) is 5.46. The lowest BCUT2D eigenvalue weighted by atomic mass is 10.2. The molecule has 0 spiro atoms. The second-order valence-electron chi connectivity index (χ2n) is 4.58. The summed E-state index contributed by atoms with van der Waals surface area (Å²) in [5, 5.41) is 10.6. The van der Waals surface area contributed by atoms with Crippen LogP contribution in [0.4, 0.5) is 0 Å². The number of rotatable bonds is 11. The molecule has 21 heavy (non-hydrogen) atoms. The lowest BCUT2D eigenvalue weighted by Gasteiger charge is -2.28. The van der Waals surface area contributed by atoms with E-state index in [-0.39, 0.29) is 0 Å². The summed E-state index contributed by atoms with van der Waals surface area (Å²) >= 11 is 1.70. The van der Waals surface area contributed by atoms with Crippen LogP contribution in [0.3, 0.4) is 0 Å². The van der Waals surface area contributed by atoms with Crippen molar-refractivity contribution in [3.05, 3.63) is 29.8 Å². The maximum atomic E-state index is 10.6. The van der Waals surface area contributed by atoms with E-state index in [1.165, 1.54) is 4.90 Å². The summed E-state index contributed by atoms with van der Waals surface area (Å²) in [4.78, 5) is 3.18. The zero-order valence-corrected chi connectivity index (χ0v) is 14.1. The van der Waals surface area contributed by atoms with Crippen LogP contribution in [0.15, 0.2) is 29.2 Å². The Labute approximate surface area is 132 Å². The van der Waals surface area contributed by atoms with Crippen LogP contribution >= 0.6 is 11.8 Å². The van der Waals surface area contributed by atoms with Crippen molar-refractivity contribution < 1.29 is 14.6 Å². The number of benzene rings is 1. The molecule has 1 atom stereocenters. The molecule has 0 aliphatic rings. The van der Waals surface area contributed by atoms with Crippen molar-refractivity contribution in [2.45, 2.75) is 25.0 Å². The molecule has 1 unspecified atom stereocenters. The van der Waals surface area contributed by atoms with Crippen molar-refractivity contribution in [2.75, 3.05) is 45.8 Å². The molecular weight excluding hydrogens is 286 g/mol. The third-order valence-corrected chi connectivity index (χ3v) is 3.96. The molecule has 0 saturated heterocycles. The molecule has 0 aliphatic carbocycles. The first-order chi connectivity index (χ1) is 10.2. The van der Waals surface area contributed by atoms with Crippen LogP contribution in [0, 0.1) is 0 Å². The van der Waals surface area contributed by atoms with E-state index >= 15 is 0 Å². The Morgan fingerprint density at radius 1 is 1.05 bits per heavy atom. The van der Waals surface area contributed by atoms with Crippen molar-refractivity contribution in [1.82, 2.24) is 4.90 Å². The van der Waals surface area contributed by atoms with Crippen molar-refractivity contribution in [2.24, 2.45) is 0 Å².